The fraction of sp³-hybridized carbons (Fsp3) is 0.190. The van der Waals surface area contributed by atoms with Crippen LogP contribution in [0.3, 0.4) is 0 Å². The third-order valence-corrected chi connectivity index (χ3v) is 4.38. The van der Waals surface area contributed by atoms with Crippen LogP contribution in [0.15, 0.2) is 67.0 Å². The van der Waals surface area contributed by atoms with Gasteiger partial charge in [-0.15, -0.1) is 0 Å². The molecule has 1 aliphatic carbocycles. The van der Waals surface area contributed by atoms with E-state index in [0.717, 1.165) is 18.4 Å². The monoisotopic (exact) mass is 360 g/mol. The smallest absolute Gasteiger partial charge is 0.258 e. The average Bonchev–Trinajstić information content (AvgIpc) is 3.37. The number of aromatic nitrogens is 2. The van der Waals surface area contributed by atoms with Gasteiger partial charge in [0.25, 0.3) is 11.8 Å². The predicted octanol–water partition coefficient (Wildman–Crippen LogP) is 3.08. The van der Waals surface area contributed by atoms with Crippen LogP contribution in [-0.4, -0.2) is 27.6 Å². The molecule has 136 valence electrons. The van der Waals surface area contributed by atoms with Gasteiger partial charge in [0.2, 0.25) is 0 Å². The number of hydrogen-bond acceptors (Lipinski definition) is 3. The normalized spacial score (nSPS) is 13.2. The van der Waals surface area contributed by atoms with E-state index in [0.29, 0.717) is 29.4 Å². The third-order valence-electron chi connectivity index (χ3n) is 4.38. The summed E-state index contributed by atoms with van der Waals surface area (Å²) in [4.78, 5) is 24.6. The molecule has 0 unspecified atom stereocenters. The molecule has 0 saturated heterocycles. The molecule has 0 atom stereocenters. The highest BCUT2D eigenvalue weighted by Gasteiger charge is 2.23. The molecule has 2 aromatic carbocycles. The van der Waals surface area contributed by atoms with Crippen LogP contribution in [0.25, 0.3) is 0 Å². The molecule has 1 aromatic heterocycles. The Hall–Kier alpha value is -3.41. The SMILES string of the molecule is O=C(Nc1cccc(C(=O)NC2CC2)c1)c1cnn(Cc2ccccc2)c1. The van der Waals surface area contributed by atoms with Gasteiger partial charge < -0.3 is 10.6 Å². The quantitative estimate of drug-likeness (QED) is 0.709. The molecule has 1 saturated carbocycles. The molecule has 0 aliphatic heterocycles. The van der Waals surface area contributed by atoms with E-state index in [1.165, 1.54) is 0 Å². The lowest BCUT2D eigenvalue weighted by Crippen LogP contribution is -2.25. The topological polar surface area (TPSA) is 76.0 Å². The fourth-order valence-electron chi connectivity index (χ4n) is 2.78. The summed E-state index contributed by atoms with van der Waals surface area (Å²) in [7, 11) is 0. The number of amides is 2. The minimum Gasteiger partial charge on any atom is -0.349 e. The second-order valence-corrected chi connectivity index (χ2v) is 6.69. The van der Waals surface area contributed by atoms with E-state index in [4.69, 9.17) is 0 Å². The third kappa shape index (κ3) is 4.41. The van der Waals surface area contributed by atoms with Crippen LogP contribution >= 0.6 is 0 Å². The summed E-state index contributed by atoms with van der Waals surface area (Å²) in [6, 6.07) is 17.2. The van der Waals surface area contributed by atoms with Crippen molar-refractivity contribution >= 4 is 17.5 Å². The van der Waals surface area contributed by atoms with E-state index < -0.39 is 0 Å². The van der Waals surface area contributed by atoms with Crippen LogP contribution in [0, 0.1) is 0 Å². The number of anilines is 1. The van der Waals surface area contributed by atoms with Crippen LogP contribution in [-0.2, 0) is 6.54 Å². The molecule has 0 radical (unpaired) electrons. The lowest BCUT2D eigenvalue weighted by atomic mass is 10.2. The largest absolute Gasteiger partial charge is 0.349 e. The number of rotatable bonds is 6. The van der Waals surface area contributed by atoms with Crippen LogP contribution < -0.4 is 10.6 Å². The van der Waals surface area contributed by atoms with Crippen molar-refractivity contribution in [3.05, 3.63) is 83.7 Å². The number of carbonyl (C=O) groups is 2. The van der Waals surface area contributed by atoms with Gasteiger partial charge in [-0.1, -0.05) is 36.4 Å². The van der Waals surface area contributed by atoms with E-state index in [2.05, 4.69) is 15.7 Å². The van der Waals surface area contributed by atoms with Gasteiger partial charge in [-0.2, -0.15) is 5.10 Å². The molecule has 0 bridgehead atoms. The molecule has 2 amide bonds. The molecule has 6 nitrogen and oxygen atoms in total. The Kier molecular flexibility index (Phi) is 4.70. The maximum absolute atomic E-state index is 12.5. The Morgan fingerprint density at radius 2 is 1.81 bits per heavy atom. The van der Waals surface area contributed by atoms with E-state index in [1.807, 2.05) is 30.3 Å². The van der Waals surface area contributed by atoms with E-state index in [9.17, 15) is 9.59 Å². The summed E-state index contributed by atoms with van der Waals surface area (Å²) in [5.41, 5.74) is 2.71. The molecule has 2 N–H and O–H groups in total. The highest BCUT2D eigenvalue weighted by Crippen LogP contribution is 2.20. The summed E-state index contributed by atoms with van der Waals surface area (Å²) >= 11 is 0. The zero-order valence-electron chi connectivity index (χ0n) is 14.8. The number of nitrogens with zero attached hydrogens (tertiary/aromatic N) is 2. The highest BCUT2D eigenvalue weighted by molar-refractivity contribution is 6.04. The molecular weight excluding hydrogens is 340 g/mol. The first-order chi connectivity index (χ1) is 13.2. The number of hydrogen-bond donors (Lipinski definition) is 2. The van der Waals surface area contributed by atoms with Gasteiger partial charge in [-0.3, -0.25) is 14.3 Å². The average molecular weight is 360 g/mol. The minimum absolute atomic E-state index is 0.107. The van der Waals surface area contributed by atoms with Crippen molar-refractivity contribution in [2.24, 2.45) is 0 Å². The van der Waals surface area contributed by atoms with Gasteiger partial charge >= 0.3 is 0 Å². The minimum atomic E-state index is -0.255. The summed E-state index contributed by atoms with van der Waals surface area (Å²) < 4.78 is 1.73. The van der Waals surface area contributed by atoms with Gasteiger partial charge in [0, 0.05) is 23.5 Å². The fourth-order valence-corrected chi connectivity index (χ4v) is 2.78. The van der Waals surface area contributed by atoms with Crippen molar-refractivity contribution in [1.29, 1.82) is 0 Å². The van der Waals surface area contributed by atoms with Crippen molar-refractivity contribution in [3.8, 4) is 0 Å². The van der Waals surface area contributed by atoms with Crippen molar-refractivity contribution in [1.82, 2.24) is 15.1 Å². The predicted molar refractivity (Wildman–Crippen MR) is 103 cm³/mol. The van der Waals surface area contributed by atoms with Gasteiger partial charge in [0.05, 0.1) is 18.3 Å². The Bertz CT molecular complexity index is 961. The van der Waals surface area contributed by atoms with E-state index in [1.54, 1.807) is 41.3 Å². The second kappa shape index (κ2) is 7.45. The Morgan fingerprint density at radius 1 is 1.00 bits per heavy atom. The molecule has 1 fully saturated rings. The van der Waals surface area contributed by atoms with Gasteiger partial charge in [0.1, 0.15) is 0 Å². The molecular formula is C21H20N4O2. The van der Waals surface area contributed by atoms with Crippen molar-refractivity contribution in [2.75, 3.05) is 5.32 Å². The zero-order chi connectivity index (χ0) is 18.6. The van der Waals surface area contributed by atoms with E-state index >= 15 is 0 Å². The van der Waals surface area contributed by atoms with Crippen molar-refractivity contribution < 1.29 is 9.59 Å². The molecule has 27 heavy (non-hydrogen) atoms. The Balaban J connectivity index is 1.41. The first-order valence-corrected chi connectivity index (χ1v) is 8.96. The lowest BCUT2D eigenvalue weighted by molar-refractivity contribution is 0.0949. The Labute approximate surface area is 157 Å². The molecule has 1 aliphatic rings. The maximum atomic E-state index is 12.5. The molecule has 0 spiro atoms. The molecule has 3 aromatic rings. The standard InChI is InChI=1S/C21H20N4O2/c26-20(23-18-9-10-18)16-7-4-8-19(11-16)24-21(27)17-12-22-25(14-17)13-15-5-2-1-3-6-15/h1-8,11-12,14,18H,9-10,13H2,(H,23,26)(H,24,27). The number of nitrogens with one attached hydrogen (secondary N) is 2. The van der Waals surface area contributed by atoms with Crippen LogP contribution in [0.5, 0.6) is 0 Å². The van der Waals surface area contributed by atoms with Crippen LogP contribution in [0.1, 0.15) is 39.1 Å². The van der Waals surface area contributed by atoms with E-state index in [-0.39, 0.29) is 11.8 Å². The summed E-state index contributed by atoms with van der Waals surface area (Å²) in [6.07, 6.45) is 5.33. The van der Waals surface area contributed by atoms with Crippen LogP contribution in [0.2, 0.25) is 0 Å². The van der Waals surface area contributed by atoms with Crippen LogP contribution in [0.4, 0.5) is 5.69 Å². The van der Waals surface area contributed by atoms with Crippen molar-refractivity contribution in [2.45, 2.75) is 25.4 Å². The number of benzene rings is 2. The van der Waals surface area contributed by atoms with Crippen molar-refractivity contribution in [3.63, 3.8) is 0 Å². The lowest BCUT2D eigenvalue weighted by Gasteiger charge is -2.07. The first kappa shape index (κ1) is 17.0. The highest BCUT2D eigenvalue weighted by atomic mass is 16.2. The summed E-state index contributed by atoms with van der Waals surface area (Å²) in [5, 5.41) is 10.0. The van der Waals surface area contributed by atoms with Gasteiger partial charge in [-0.05, 0) is 36.6 Å². The maximum Gasteiger partial charge on any atom is 0.258 e. The Morgan fingerprint density at radius 3 is 2.59 bits per heavy atom. The summed E-state index contributed by atoms with van der Waals surface area (Å²) in [6.45, 7) is 0.602. The molecule has 6 heteroatoms. The van der Waals surface area contributed by atoms with Gasteiger partial charge in [0.15, 0.2) is 0 Å². The number of carbonyl (C=O) groups excluding carboxylic acids is 2. The summed E-state index contributed by atoms with van der Waals surface area (Å²) in [5.74, 6) is -0.363. The molecule has 4 rings (SSSR count). The molecule has 1 heterocycles. The second-order valence-electron chi connectivity index (χ2n) is 6.69. The first-order valence-electron chi connectivity index (χ1n) is 8.96. The van der Waals surface area contributed by atoms with Gasteiger partial charge in [-0.25, -0.2) is 0 Å². The zero-order valence-corrected chi connectivity index (χ0v) is 14.8.